The van der Waals surface area contributed by atoms with Gasteiger partial charge in [-0.1, -0.05) is 50.6 Å². The monoisotopic (exact) mass is 592 g/mol. The summed E-state index contributed by atoms with van der Waals surface area (Å²) in [6.07, 6.45) is 0. The van der Waals surface area contributed by atoms with Crippen LogP contribution < -0.4 is 4.72 Å². The number of fused-ring (bicyclic) bond motifs is 1. The van der Waals surface area contributed by atoms with E-state index in [1.54, 1.807) is 48.0 Å². The van der Waals surface area contributed by atoms with Gasteiger partial charge in [-0.3, -0.25) is 4.72 Å². The number of phenols is 1. The molecule has 0 fully saturated rings. The number of hydrogen-bond donors (Lipinski definition) is 3. The molecular formula is C28H25ClN6O5S. The number of aryl methyl sites for hydroxylation is 1. The Morgan fingerprint density at radius 2 is 1.73 bits per heavy atom. The Kier molecular flexibility index (Phi) is 6.92. The Morgan fingerprint density at radius 3 is 2.41 bits per heavy atom. The van der Waals surface area contributed by atoms with Gasteiger partial charge in [-0.25, -0.2) is 18.2 Å². The quantitative estimate of drug-likeness (QED) is 0.267. The molecule has 0 spiro atoms. The van der Waals surface area contributed by atoms with Crippen molar-refractivity contribution in [1.82, 2.24) is 14.9 Å². The number of sulfonamides is 1. The first-order valence-corrected chi connectivity index (χ1v) is 14.2. The molecule has 41 heavy (non-hydrogen) atoms. The van der Waals surface area contributed by atoms with Crippen molar-refractivity contribution in [3.05, 3.63) is 82.6 Å². The van der Waals surface area contributed by atoms with Crippen LogP contribution >= 0.6 is 11.6 Å². The lowest BCUT2D eigenvalue weighted by molar-refractivity contribution is 0.0696. The summed E-state index contributed by atoms with van der Waals surface area (Å²) in [6.45, 7) is 7.70. The van der Waals surface area contributed by atoms with Gasteiger partial charge in [0, 0.05) is 16.7 Å². The zero-order chi connectivity index (χ0) is 29.7. The SMILES string of the molecule is Cc1cc(N=C2C(C(C)(C)C)=Nn3c2nnc3-c2cccc(NS(=O)(=O)c3cccc(C(=O)O)c3)c2)cc(Cl)c1O. The van der Waals surface area contributed by atoms with Gasteiger partial charge in [0.05, 0.1) is 26.9 Å². The molecule has 0 unspecified atom stereocenters. The maximum atomic E-state index is 13.0. The standard InChI is InChI=1S/C28H25ClN6O5S/c1-15-11-19(14-21(29)23(15)36)30-22-24(28(2,3)4)33-35-25(31-32-26(22)35)16-7-5-9-18(12-16)34-41(39,40)20-10-6-8-17(13-20)27(37)38/h5-14,34,36H,1-4H3,(H,37,38). The Balaban J connectivity index is 1.53. The molecule has 210 valence electrons. The fourth-order valence-electron chi connectivity index (χ4n) is 4.21. The number of aromatic carboxylic acids is 1. The van der Waals surface area contributed by atoms with Crippen molar-refractivity contribution in [3.63, 3.8) is 0 Å². The van der Waals surface area contributed by atoms with Crippen molar-refractivity contribution < 1.29 is 23.4 Å². The number of nitrogens with one attached hydrogen (secondary N) is 1. The van der Waals surface area contributed by atoms with Crippen molar-refractivity contribution in [2.75, 3.05) is 4.72 Å². The first-order valence-electron chi connectivity index (χ1n) is 12.3. The van der Waals surface area contributed by atoms with Crippen molar-refractivity contribution in [2.45, 2.75) is 32.6 Å². The number of phenolic OH excluding ortho intramolecular Hbond substituents is 1. The number of carboxylic acids is 1. The summed E-state index contributed by atoms with van der Waals surface area (Å²) >= 11 is 6.18. The molecule has 0 atom stereocenters. The lowest BCUT2D eigenvalue weighted by atomic mass is 9.87. The second kappa shape index (κ2) is 10.1. The number of anilines is 1. The van der Waals surface area contributed by atoms with Gasteiger partial charge in [-0.15, -0.1) is 10.2 Å². The molecule has 5 rings (SSSR count). The van der Waals surface area contributed by atoms with Gasteiger partial charge in [-0.05, 0) is 55.0 Å². The van der Waals surface area contributed by atoms with E-state index in [4.69, 9.17) is 21.7 Å². The molecule has 13 heteroatoms. The van der Waals surface area contributed by atoms with Gasteiger partial charge in [0.1, 0.15) is 11.5 Å². The van der Waals surface area contributed by atoms with Gasteiger partial charge in [0.25, 0.3) is 10.0 Å². The van der Waals surface area contributed by atoms with E-state index in [2.05, 4.69) is 14.9 Å². The van der Waals surface area contributed by atoms with E-state index >= 15 is 0 Å². The van der Waals surface area contributed by atoms with Crippen LogP contribution in [0.3, 0.4) is 0 Å². The van der Waals surface area contributed by atoms with Crippen molar-refractivity contribution in [2.24, 2.45) is 15.5 Å². The van der Waals surface area contributed by atoms with E-state index in [0.717, 1.165) is 6.07 Å². The largest absolute Gasteiger partial charge is 0.506 e. The van der Waals surface area contributed by atoms with Gasteiger partial charge in [0.2, 0.25) is 5.82 Å². The molecular weight excluding hydrogens is 568 g/mol. The lowest BCUT2D eigenvalue weighted by Crippen LogP contribution is -2.27. The maximum Gasteiger partial charge on any atom is 0.335 e. The second-order valence-corrected chi connectivity index (χ2v) is 12.5. The number of carboxylic acid groups (broad SMARTS) is 1. The minimum atomic E-state index is -4.08. The fourth-order valence-corrected chi connectivity index (χ4v) is 5.56. The summed E-state index contributed by atoms with van der Waals surface area (Å²) < 4.78 is 30.0. The third-order valence-electron chi connectivity index (χ3n) is 6.23. The van der Waals surface area contributed by atoms with Crippen LogP contribution in [0, 0.1) is 12.3 Å². The minimum absolute atomic E-state index is 0.0118. The van der Waals surface area contributed by atoms with E-state index in [1.807, 2.05) is 20.8 Å². The van der Waals surface area contributed by atoms with E-state index in [1.165, 1.54) is 18.2 Å². The highest BCUT2D eigenvalue weighted by molar-refractivity contribution is 7.92. The number of carbonyl (C=O) groups is 1. The van der Waals surface area contributed by atoms with Crippen LogP contribution in [0.5, 0.6) is 5.75 Å². The molecule has 0 bridgehead atoms. The molecule has 1 aromatic heterocycles. The van der Waals surface area contributed by atoms with Crippen molar-refractivity contribution in [3.8, 4) is 17.1 Å². The molecule has 1 aliphatic rings. The highest BCUT2D eigenvalue weighted by atomic mass is 35.5. The Hall–Kier alpha value is -4.55. The molecule has 3 N–H and O–H groups in total. The molecule has 11 nitrogen and oxygen atoms in total. The van der Waals surface area contributed by atoms with E-state index in [0.29, 0.717) is 39.9 Å². The van der Waals surface area contributed by atoms with Crippen LogP contribution in [0.1, 0.15) is 42.5 Å². The topological polar surface area (TPSA) is 159 Å². The molecule has 4 aromatic rings. The van der Waals surface area contributed by atoms with Crippen LogP contribution in [0.2, 0.25) is 5.02 Å². The second-order valence-electron chi connectivity index (χ2n) is 10.4. The highest BCUT2D eigenvalue weighted by Gasteiger charge is 2.35. The number of rotatable bonds is 6. The first kappa shape index (κ1) is 28.0. The van der Waals surface area contributed by atoms with Crippen molar-refractivity contribution in [1.29, 1.82) is 0 Å². The Labute approximate surface area is 240 Å². The average molecular weight is 593 g/mol. The molecule has 2 heterocycles. The van der Waals surface area contributed by atoms with Crippen LogP contribution in [-0.2, 0) is 10.0 Å². The Morgan fingerprint density at radius 1 is 1.02 bits per heavy atom. The number of benzene rings is 3. The lowest BCUT2D eigenvalue weighted by Gasteiger charge is -2.18. The number of nitrogens with zero attached hydrogens (tertiary/aromatic N) is 5. The number of halogens is 1. The summed E-state index contributed by atoms with van der Waals surface area (Å²) in [5, 5.41) is 32.9. The smallest absolute Gasteiger partial charge is 0.335 e. The molecule has 0 radical (unpaired) electrons. The van der Waals surface area contributed by atoms with Gasteiger partial charge < -0.3 is 10.2 Å². The molecule has 0 saturated heterocycles. The summed E-state index contributed by atoms with van der Waals surface area (Å²) in [5.41, 5.74) is 2.43. The number of aliphatic imine (C=N–C) groups is 1. The molecule has 0 aliphatic carbocycles. The fraction of sp³-hybridized carbons (Fsp3) is 0.179. The minimum Gasteiger partial charge on any atom is -0.506 e. The summed E-state index contributed by atoms with van der Waals surface area (Å²) in [6, 6.07) is 14.9. The van der Waals surface area contributed by atoms with Crippen molar-refractivity contribution >= 4 is 50.4 Å². The first-order chi connectivity index (χ1) is 19.2. The molecule has 0 saturated carbocycles. The summed E-state index contributed by atoms with van der Waals surface area (Å²) in [7, 11) is -4.08. The third-order valence-corrected chi connectivity index (χ3v) is 7.90. The number of aromatic nitrogens is 3. The van der Waals surface area contributed by atoms with Crippen LogP contribution in [-0.4, -0.2) is 50.9 Å². The average Bonchev–Trinajstić information content (AvgIpc) is 3.47. The summed E-state index contributed by atoms with van der Waals surface area (Å²) in [5.74, 6) is -0.488. The highest BCUT2D eigenvalue weighted by Crippen LogP contribution is 2.35. The zero-order valence-electron chi connectivity index (χ0n) is 22.4. The number of hydrogen-bond acceptors (Lipinski definition) is 8. The van der Waals surface area contributed by atoms with Crippen LogP contribution in [0.4, 0.5) is 11.4 Å². The summed E-state index contributed by atoms with van der Waals surface area (Å²) in [4.78, 5) is 15.9. The molecule has 3 aromatic carbocycles. The Bertz CT molecular complexity index is 1870. The number of aromatic hydroxyl groups is 1. The zero-order valence-corrected chi connectivity index (χ0v) is 24.0. The van der Waals surface area contributed by atoms with E-state index < -0.39 is 21.4 Å². The van der Waals surface area contributed by atoms with Crippen LogP contribution in [0.25, 0.3) is 11.4 Å². The van der Waals surface area contributed by atoms with Gasteiger partial charge in [-0.2, -0.15) is 9.78 Å². The molecule has 1 aliphatic heterocycles. The molecule has 0 amide bonds. The predicted molar refractivity (Wildman–Crippen MR) is 156 cm³/mol. The van der Waals surface area contributed by atoms with Gasteiger partial charge >= 0.3 is 5.97 Å². The van der Waals surface area contributed by atoms with E-state index in [9.17, 15) is 23.4 Å². The third kappa shape index (κ3) is 5.43. The predicted octanol–water partition coefficient (Wildman–Crippen LogP) is 5.50. The van der Waals surface area contributed by atoms with E-state index in [-0.39, 0.29) is 26.9 Å². The van der Waals surface area contributed by atoms with Crippen LogP contribution in [0.15, 0.2) is 75.7 Å². The van der Waals surface area contributed by atoms with Gasteiger partial charge in [0.15, 0.2) is 5.82 Å². The normalized spacial score (nSPS) is 14.2. The maximum absolute atomic E-state index is 13.0.